The number of hydrogen-bond donors (Lipinski definition) is 1. The van der Waals surface area contributed by atoms with Crippen LogP contribution in [0.2, 0.25) is 5.02 Å². The van der Waals surface area contributed by atoms with E-state index in [4.69, 9.17) is 16.7 Å². The lowest BCUT2D eigenvalue weighted by Gasteiger charge is -2.37. The first-order chi connectivity index (χ1) is 8.47. The summed E-state index contributed by atoms with van der Waals surface area (Å²) in [5.41, 5.74) is 1.18. The SMILES string of the molecule is CC1CC(C)CN(c2ccc(C(=O)O)cc2Cl)C1. The molecule has 0 bridgehead atoms. The Morgan fingerprint density at radius 1 is 1.33 bits per heavy atom. The minimum Gasteiger partial charge on any atom is -0.478 e. The molecule has 0 saturated carbocycles. The lowest BCUT2D eigenvalue weighted by molar-refractivity contribution is 0.0697. The third-order valence-corrected chi connectivity index (χ3v) is 3.71. The van der Waals surface area contributed by atoms with E-state index >= 15 is 0 Å². The molecule has 1 heterocycles. The molecule has 2 rings (SSSR count). The van der Waals surface area contributed by atoms with Crippen LogP contribution in [0.4, 0.5) is 5.69 Å². The second-order valence-corrected chi connectivity index (χ2v) is 5.73. The zero-order valence-electron chi connectivity index (χ0n) is 10.7. The average Bonchev–Trinajstić information content (AvgIpc) is 2.27. The third kappa shape index (κ3) is 2.78. The molecule has 2 atom stereocenters. The molecule has 1 aromatic carbocycles. The molecule has 1 aliphatic rings. The Balaban J connectivity index is 2.25. The van der Waals surface area contributed by atoms with Gasteiger partial charge >= 0.3 is 5.97 Å². The van der Waals surface area contributed by atoms with Crippen molar-refractivity contribution in [3.8, 4) is 0 Å². The van der Waals surface area contributed by atoms with Gasteiger partial charge in [-0.15, -0.1) is 0 Å². The van der Waals surface area contributed by atoms with E-state index in [0.717, 1.165) is 18.8 Å². The molecule has 1 N–H and O–H groups in total. The number of halogens is 1. The van der Waals surface area contributed by atoms with Crippen molar-refractivity contribution in [3.05, 3.63) is 28.8 Å². The van der Waals surface area contributed by atoms with Crippen LogP contribution < -0.4 is 4.90 Å². The summed E-state index contributed by atoms with van der Waals surface area (Å²) >= 11 is 6.20. The van der Waals surface area contributed by atoms with E-state index in [0.29, 0.717) is 16.9 Å². The van der Waals surface area contributed by atoms with Gasteiger partial charge in [-0.05, 0) is 36.5 Å². The number of carbonyl (C=O) groups is 1. The zero-order valence-corrected chi connectivity index (χ0v) is 11.4. The van der Waals surface area contributed by atoms with Crippen molar-refractivity contribution >= 4 is 23.3 Å². The Morgan fingerprint density at radius 2 is 1.94 bits per heavy atom. The maximum atomic E-state index is 10.9. The van der Waals surface area contributed by atoms with Gasteiger partial charge in [-0.2, -0.15) is 0 Å². The summed E-state index contributed by atoms with van der Waals surface area (Å²) in [5.74, 6) is 0.344. The summed E-state index contributed by atoms with van der Waals surface area (Å²) < 4.78 is 0. The molecule has 0 spiro atoms. The van der Waals surface area contributed by atoms with Gasteiger partial charge in [-0.3, -0.25) is 0 Å². The first kappa shape index (κ1) is 13.2. The number of benzene rings is 1. The summed E-state index contributed by atoms with van der Waals surface area (Å²) in [4.78, 5) is 13.1. The Kier molecular flexibility index (Phi) is 3.81. The second-order valence-electron chi connectivity index (χ2n) is 5.32. The molecule has 2 unspecified atom stereocenters. The number of piperidine rings is 1. The van der Waals surface area contributed by atoms with E-state index < -0.39 is 5.97 Å². The van der Waals surface area contributed by atoms with Gasteiger partial charge in [0, 0.05) is 13.1 Å². The zero-order chi connectivity index (χ0) is 13.3. The van der Waals surface area contributed by atoms with Crippen LogP contribution in [0.3, 0.4) is 0 Å². The van der Waals surface area contributed by atoms with E-state index in [2.05, 4.69) is 18.7 Å². The fraction of sp³-hybridized carbons (Fsp3) is 0.500. The minimum atomic E-state index is -0.941. The molecule has 1 aromatic rings. The molecule has 4 heteroatoms. The summed E-state index contributed by atoms with van der Waals surface area (Å²) in [6.45, 7) is 6.44. The van der Waals surface area contributed by atoms with Crippen LogP contribution in [0.15, 0.2) is 18.2 Å². The van der Waals surface area contributed by atoms with Crippen molar-refractivity contribution in [1.29, 1.82) is 0 Å². The molecule has 0 radical (unpaired) electrons. The highest BCUT2D eigenvalue weighted by Gasteiger charge is 2.23. The van der Waals surface area contributed by atoms with Gasteiger partial charge in [0.2, 0.25) is 0 Å². The minimum absolute atomic E-state index is 0.238. The highest BCUT2D eigenvalue weighted by Crippen LogP contribution is 2.32. The highest BCUT2D eigenvalue weighted by molar-refractivity contribution is 6.33. The van der Waals surface area contributed by atoms with E-state index in [-0.39, 0.29) is 5.56 Å². The van der Waals surface area contributed by atoms with E-state index in [9.17, 15) is 4.79 Å². The molecule has 0 aliphatic carbocycles. The number of rotatable bonds is 2. The predicted molar refractivity (Wildman–Crippen MR) is 73.6 cm³/mol. The van der Waals surface area contributed by atoms with Crippen LogP contribution in [-0.4, -0.2) is 24.2 Å². The van der Waals surface area contributed by atoms with E-state index in [1.54, 1.807) is 6.07 Å². The van der Waals surface area contributed by atoms with Crippen LogP contribution in [0.1, 0.15) is 30.6 Å². The van der Waals surface area contributed by atoms with Crippen molar-refractivity contribution in [2.75, 3.05) is 18.0 Å². The number of aromatic carboxylic acids is 1. The second kappa shape index (κ2) is 5.19. The van der Waals surface area contributed by atoms with Crippen LogP contribution in [0.5, 0.6) is 0 Å². The normalized spacial score (nSPS) is 24.1. The maximum absolute atomic E-state index is 10.9. The van der Waals surface area contributed by atoms with E-state index in [1.807, 2.05) is 6.07 Å². The van der Waals surface area contributed by atoms with Crippen molar-refractivity contribution in [1.82, 2.24) is 0 Å². The average molecular weight is 268 g/mol. The fourth-order valence-corrected chi connectivity index (χ4v) is 3.06. The summed E-state index contributed by atoms with van der Waals surface area (Å²) in [5, 5.41) is 9.45. The summed E-state index contributed by atoms with van der Waals surface area (Å²) in [6, 6.07) is 4.97. The number of anilines is 1. The first-order valence-electron chi connectivity index (χ1n) is 6.25. The molecule has 3 nitrogen and oxygen atoms in total. The third-order valence-electron chi connectivity index (χ3n) is 3.40. The largest absolute Gasteiger partial charge is 0.478 e. The molecule has 98 valence electrons. The molecule has 1 aliphatic heterocycles. The highest BCUT2D eigenvalue weighted by atomic mass is 35.5. The Labute approximate surface area is 112 Å². The molecular formula is C14H18ClNO2. The quantitative estimate of drug-likeness (QED) is 0.891. The first-order valence-corrected chi connectivity index (χ1v) is 6.63. The van der Waals surface area contributed by atoms with Crippen molar-refractivity contribution < 1.29 is 9.90 Å². The van der Waals surface area contributed by atoms with Gasteiger partial charge in [0.25, 0.3) is 0 Å². The van der Waals surface area contributed by atoms with Crippen LogP contribution >= 0.6 is 11.6 Å². The molecule has 18 heavy (non-hydrogen) atoms. The topological polar surface area (TPSA) is 40.5 Å². The van der Waals surface area contributed by atoms with Gasteiger partial charge in [-0.1, -0.05) is 25.4 Å². The van der Waals surface area contributed by atoms with Crippen molar-refractivity contribution in [2.24, 2.45) is 11.8 Å². The van der Waals surface area contributed by atoms with Gasteiger partial charge < -0.3 is 10.0 Å². The smallest absolute Gasteiger partial charge is 0.335 e. The number of hydrogen-bond acceptors (Lipinski definition) is 2. The predicted octanol–water partition coefficient (Wildman–Crippen LogP) is 3.52. The standard InChI is InChI=1S/C14H18ClNO2/c1-9-5-10(2)8-16(7-9)13-4-3-11(14(17)18)6-12(13)15/h3-4,6,9-10H,5,7-8H2,1-2H3,(H,17,18). The van der Waals surface area contributed by atoms with Crippen LogP contribution in [-0.2, 0) is 0 Å². The molecule has 0 amide bonds. The summed E-state index contributed by atoms with van der Waals surface area (Å²) in [7, 11) is 0. The fourth-order valence-electron chi connectivity index (χ4n) is 2.76. The lowest BCUT2D eigenvalue weighted by Crippen LogP contribution is -2.38. The van der Waals surface area contributed by atoms with Gasteiger partial charge in [0.15, 0.2) is 0 Å². The van der Waals surface area contributed by atoms with Gasteiger partial charge in [-0.25, -0.2) is 4.79 Å². The molecular weight excluding hydrogens is 250 g/mol. The molecule has 1 fully saturated rings. The van der Waals surface area contributed by atoms with Crippen LogP contribution in [0.25, 0.3) is 0 Å². The Hall–Kier alpha value is -1.22. The van der Waals surface area contributed by atoms with E-state index in [1.165, 1.54) is 12.5 Å². The maximum Gasteiger partial charge on any atom is 0.335 e. The monoisotopic (exact) mass is 267 g/mol. The molecule has 0 aromatic heterocycles. The lowest BCUT2D eigenvalue weighted by atomic mass is 9.91. The number of nitrogens with zero attached hydrogens (tertiary/aromatic N) is 1. The van der Waals surface area contributed by atoms with Crippen molar-refractivity contribution in [3.63, 3.8) is 0 Å². The Bertz CT molecular complexity index is 451. The number of carboxylic acid groups (broad SMARTS) is 1. The molecule has 1 saturated heterocycles. The van der Waals surface area contributed by atoms with Gasteiger partial charge in [0.1, 0.15) is 0 Å². The summed E-state index contributed by atoms with van der Waals surface area (Å²) in [6.07, 6.45) is 1.24. The van der Waals surface area contributed by atoms with Gasteiger partial charge in [0.05, 0.1) is 16.3 Å². The van der Waals surface area contributed by atoms with Crippen LogP contribution in [0, 0.1) is 11.8 Å². The Morgan fingerprint density at radius 3 is 2.44 bits per heavy atom. The number of carboxylic acids is 1. The van der Waals surface area contributed by atoms with Crippen molar-refractivity contribution in [2.45, 2.75) is 20.3 Å².